The smallest absolute Gasteiger partial charge is 0.313 e. The molecule has 2 rings (SSSR count). The van der Waals surface area contributed by atoms with Crippen molar-refractivity contribution in [3.05, 3.63) is 30.2 Å². The molecule has 0 spiro atoms. The molecular formula is C15H20N2O4. The molecule has 0 saturated heterocycles. The third kappa shape index (κ3) is 3.59. The predicted octanol–water partition coefficient (Wildman–Crippen LogP) is 1.78. The van der Waals surface area contributed by atoms with Gasteiger partial charge in [-0.1, -0.05) is 12.1 Å². The Labute approximate surface area is 122 Å². The highest BCUT2D eigenvalue weighted by Crippen LogP contribution is 2.26. The van der Waals surface area contributed by atoms with Crippen molar-refractivity contribution >= 4 is 17.1 Å². The number of aromatic nitrogens is 1. The van der Waals surface area contributed by atoms with Gasteiger partial charge in [0.2, 0.25) is 5.89 Å². The van der Waals surface area contributed by atoms with Crippen LogP contribution in [0.1, 0.15) is 32.8 Å². The van der Waals surface area contributed by atoms with Gasteiger partial charge in [-0.2, -0.15) is 0 Å². The Morgan fingerprint density at radius 3 is 2.67 bits per heavy atom. The van der Waals surface area contributed by atoms with Crippen molar-refractivity contribution in [2.45, 2.75) is 32.5 Å². The van der Waals surface area contributed by atoms with Crippen LogP contribution in [0, 0.1) is 5.92 Å². The molecule has 1 aromatic heterocycles. The number of para-hydroxylation sites is 2. The van der Waals surface area contributed by atoms with Crippen LogP contribution < -0.4 is 5.73 Å². The van der Waals surface area contributed by atoms with Gasteiger partial charge >= 0.3 is 5.97 Å². The molecule has 0 aliphatic rings. The summed E-state index contributed by atoms with van der Waals surface area (Å²) in [6, 6.07) is 7.12. The van der Waals surface area contributed by atoms with Crippen molar-refractivity contribution < 1.29 is 19.1 Å². The summed E-state index contributed by atoms with van der Waals surface area (Å²) in [6.45, 7) is 5.20. The van der Waals surface area contributed by atoms with Crippen LogP contribution >= 0.6 is 0 Å². The van der Waals surface area contributed by atoms with Crippen LogP contribution in [0.3, 0.4) is 0 Å². The quantitative estimate of drug-likeness (QED) is 0.833. The Bertz CT molecular complexity index is 597. The number of rotatable bonds is 4. The van der Waals surface area contributed by atoms with E-state index in [2.05, 4.69) is 4.98 Å². The molecule has 0 radical (unpaired) electrons. The Morgan fingerprint density at radius 1 is 1.43 bits per heavy atom. The molecule has 0 fully saturated rings. The fourth-order valence-electron chi connectivity index (χ4n) is 1.92. The lowest BCUT2D eigenvalue weighted by molar-refractivity contribution is -0.164. The highest BCUT2D eigenvalue weighted by Gasteiger charge is 2.34. The lowest BCUT2D eigenvalue weighted by Crippen LogP contribution is -2.36. The van der Waals surface area contributed by atoms with Gasteiger partial charge in [-0.05, 0) is 32.9 Å². The number of hydrogen-bond donors (Lipinski definition) is 2. The van der Waals surface area contributed by atoms with E-state index in [1.54, 1.807) is 39.0 Å². The van der Waals surface area contributed by atoms with E-state index in [1.165, 1.54) is 0 Å². The number of hydrogen-bond acceptors (Lipinski definition) is 6. The second-order valence-electron chi connectivity index (χ2n) is 5.84. The van der Waals surface area contributed by atoms with Gasteiger partial charge in [0.15, 0.2) is 5.58 Å². The summed E-state index contributed by atoms with van der Waals surface area (Å²) in [5.74, 6) is -1.42. The lowest BCUT2D eigenvalue weighted by atomic mass is 10.0. The molecule has 0 aliphatic heterocycles. The largest absolute Gasteiger partial charge is 0.460 e. The van der Waals surface area contributed by atoms with E-state index in [4.69, 9.17) is 14.9 Å². The summed E-state index contributed by atoms with van der Waals surface area (Å²) >= 11 is 0. The molecule has 2 atom stereocenters. The maximum absolute atomic E-state index is 12.1. The number of carbonyl (C=O) groups is 1. The molecule has 3 N–H and O–H groups in total. The summed E-state index contributed by atoms with van der Waals surface area (Å²) in [6.07, 6.45) is -1.24. The van der Waals surface area contributed by atoms with Crippen LogP contribution in [-0.2, 0) is 9.53 Å². The number of fused-ring (bicyclic) bond motifs is 1. The van der Waals surface area contributed by atoms with Gasteiger partial charge in [-0.25, -0.2) is 4.98 Å². The standard InChI is InChI=1S/C15H20N2O4/c1-15(2,3)21-14(19)9(8-16)12(18)13-17-10-6-4-5-7-11(10)20-13/h4-7,9,12,18H,8,16H2,1-3H3. The van der Waals surface area contributed by atoms with E-state index < -0.39 is 23.6 Å². The van der Waals surface area contributed by atoms with Crippen molar-refractivity contribution in [1.82, 2.24) is 4.98 Å². The third-order valence-electron chi connectivity index (χ3n) is 2.91. The Balaban J connectivity index is 2.23. The van der Waals surface area contributed by atoms with Crippen LogP contribution in [0.5, 0.6) is 0 Å². The zero-order valence-corrected chi connectivity index (χ0v) is 12.4. The van der Waals surface area contributed by atoms with Crippen molar-refractivity contribution in [2.75, 3.05) is 6.54 Å². The first kappa shape index (κ1) is 15.5. The van der Waals surface area contributed by atoms with Gasteiger partial charge in [0.1, 0.15) is 23.1 Å². The Hall–Kier alpha value is -1.92. The van der Waals surface area contributed by atoms with Crippen molar-refractivity contribution in [1.29, 1.82) is 0 Å². The fraction of sp³-hybridized carbons (Fsp3) is 0.467. The van der Waals surface area contributed by atoms with Crippen molar-refractivity contribution in [3.8, 4) is 0 Å². The number of nitrogens with zero attached hydrogens (tertiary/aromatic N) is 1. The molecule has 0 bridgehead atoms. The average molecular weight is 292 g/mol. The molecular weight excluding hydrogens is 272 g/mol. The number of nitrogens with two attached hydrogens (primary N) is 1. The topological polar surface area (TPSA) is 98.6 Å². The minimum absolute atomic E-state index is 0.0607. The SMILES string of the molecule is CC(C)(C)OC(=O)C(CN)C(O)c1nc2ccccc2o1. The summed E-state index contributed by atoms with van der Waals surface area (Å²) in [5, 5.41) is 10.3. The lowest BCUT2D eigenvalue weighted by Gasteiger charge is -2.24. The maximum Gasteiger partial charge on any atom is 0.313 e. The van der Waals surface area contributed by atoms with Crippen molar-refractivity contribution in [2.24, 2.45) is 11.7 Å². The highest BCUT2D eigenvalue weighted by atomic mass is 16.6. The Kier molecular flexibility index (Phi) is 4.29. The van der Waals surface area contributed by atoms with E-state index in [0.29, 0.717) is 11.1 Å². The van der Waals surface area contributed by atoms with Crippen molar-refractivity contribution in [3.63, 3.8) is 0 Å². The molecule has 6 nitrogen and oxygen atoms in total. The van der Waals surface area contributed by atoms with Crippen LogP contribution in [0.2, 0.25) is 0 Å². The number of benzene rings is 1. The number of ether oxygens (including phenoxy) is 1. The number of carbonyl (C=O) groups excluding carboxylic acids is 1. The van der Waals surface area contributed by atoms with Gasteiger partial charge in [0.25, 0.3) is 0 Å². The van der Waals surface area contributed by atoms with Crippen LogP contribution in [0.15, 0.2) is 28.7 Å². The monoisotopic (exact) mass is 292 g/mol. The number of aliphatic hydroxyl groups excluding tert-OH is 1. The van der Waals surface area contributed by atoms with Gasteiger partial charge in [0, 0.05) is 6.54 Å². The second kappa shape index (κ2) is 5.83. The molecule has 1 heterocycles. The Morgan fingerprint density at radius 2 is 2.10 bits per heavy atom. The summed E-state index contributed by atoms with van der Waals surface area (Å²) in [4.78, 5) is 16.3. The van der Waals surface area contributed by atoms with E-state index >= 15 is 0 Å². The number of esters is 1. The van der Waals surface area contributed by atoms with E-state index in [0.717, 1.165) is 0 Å². The molecule has 0 amide bonds. The summed E-state index contributed by atoms with van der Waals surface area (Å²) in [7, 11) is 0. The van der Waals surface area contributed by atoms with Gasteiger partial charge in [-0.3, -0.25) is 4.79 Å². The highest BCUT2D eigenvalue weighted by molar-refractivity contribution is 5.75. The predicted molar refractivity (Wildman–Crippen MR) is 77.4 cm³/mol. The maximum atomic E-state index is 12.1. The molecule has 1 aromatic carbocycles. The molecule has 21 heavy (non-hydrogen) atoms. The zero-order valence-electron chi connectivity index (χ0n) is 12.4. The van der Waals surface area contributed by atoms with Crippen LogP contribution in [0.25, 0.3) is 11.1 Å². The normalized spacial score (nSPS) is 14.9. The summed E-state index contributed by atoms with van der Waals surface area (Å²) in [5.41, 5.74) is 6.11. The average Bonchev–Trinajstić information content (AvgIpc) is 2.80. The minimum Gasteiger partial charge on any atom is -0.460 e. The van der Waals surface area contributed by atoms with E-state index in [9.17, 15) is 9.90 Å². The third-order valence-corrected chi connectivity index (χ3v) is 2.91. The summed E-state index contributed by atoms with van der Waals surface area (Å²) < 4.78 is 10.7. The van der Waals surface area contributed by atoms with Gasteiger partial charge < -0.3 is 20.0 Å². The zero-order chi connectivity index (χ0) is 15.6. The number of aliphatic hydroxyl groups is 1. The molecule has 114 valence electrons. The fourth-order valence-corrected chi connectivity index (χ4v) is 1.92. The van der Waals surface area contributed by atoms with Crippen LogP contribution in [-0.4, -0.2) is 28.2 Å². The van der Waals surface area contributed by atoms with Crippen LogP contribution in [0.4, 0.5) is 0 Å². The molecule has 6 heteroatoms. The van der Waals surface area contributed by atoms with E-state index in [1.807, 2.05) is 6.07 Å². The number of oxazole rings is 1. The van der Waals surface area contributed by atoms with E-state index in [-0.39, 0.29) is 12.4 Å². The molecule has 2 unspecified atom stereocenters. The van der Waals surface area contributed by atoms with Gasteiger partial charge in [0.05, 0.1) is 0 Å². The minimum atomic E-state index is -1.24. The second-order valence-corrected chi connectivity index (χ2v) is 5.84. The molecule has 2 aromatic rings. The first-order valence-corrected chi connectivity index (χ1v) is 6.78. The molecule has 0 saturated carbocycles. The van der Waals surface area contributed by atoms with Gasteiger partial charge in [-0.15, -0.1) is 0 Å². The first-order chi connectivity index (χ1) is 9.81. The first-order valence-electron chi connectivity index (χ1n) is 6.78. The molecule has 0 aliphatic carbocycles.